The molecule has 0 bridgehead atoms. The lowest BCUT2D eigenvalue weighted by Gasteiger charge is -2.52. The zero-order valence-corrected chi connectivity index (χ0v) is 16.2. The van der Waals surface area contributed by atoms with Gasteiger partial charge in [0.2, 0.25) is 5.91 Å². The molecule has 1 saturated heterocycles. The lowest BCUT2D eigenvalue weighted by molar-refractivity contribution is -0.136. The molecule has 2 aliphatic rings. The standard InChI is InChI=1S/C21H33N3O2/c1-3-23(4-2)17-10-8-16(9-11-17)20-18-7-5-6-12-21(18,26)13-14-24(20)15-19(22)25/h8-11,18,20,26H,3-7,12-15H2,1-2H3,(H2,22,25)/t18-,20+,21+/m1/s1. The molecule has 2 fully saturated rings. The van der Waals surface area contributed by atoms with Gasteiger partial charge in [-0.25, -0.2) is 0 Å². The van der Waals surface area contributed by atoms with E-state index in [2.05, 4.69) is 47.9 Å². The van der Waals surface area contributed by atoms with Gasteiger partial charge in [0.15, 0.2) is 0 Å². The van der Waals surface area contributed by atoms with Crippen LogP contribution in [-0.4, -0.2) is 47.7 Å². The van der Waals surface area contributed by atoms with Crippen LogP contribution in [0.2, 0.25) is 0 Å². The summed E-state index contributed by atoms with van der Waals surface area (Å²) >= 11 is 0. The number of carbonyl (C=O) groups is 1. The van der Waals surface area contributed by atoms with Crippen LogP contribution in [0.5, 0.6) is 0 Å². The van der Waals surface area contributed by atoms with Crippen molar-refractivity contribution in [3.05, 3.63) is 29.8 Å². The van der Waals surface area contributed by atoms with Gasteiger partial charge in [0.1, 0.15) is 0 Å². The third-order valence-electron chi connectivity index (χ3n) is 6.39. The summed E-state index contributed by atoms with van der Waals surface area (Å²) in [4.78, 5) is 16.1. The second-order valence-electron chi connectivity index (χ2n) is 7.85. The largest absolute Gasteiger partial charge is 0.389 e. The molecule has 1 aliphatic carbocycles. The SMILES string of the molecule is CCN(CC)c1ccc([C@H]2[C@H]3CCCC[C@]3(O)CCN2CC(N)=O)cc1. The Hall–Kier alpha value is -1.59. The Morgan fingerprint density at radius 2 is 1.92 bits per heavy atom. The molecular weight excluding hydrogens is 326 g/mol. The second-order valence-corrected chi connectivity index (χ2v) is 7.85. The van der Waals surface area contributed by atoms with Crippen molar-refractivity contribution in [1.82, 2.24) is 4.90 Å². The molecule has 1 aliphatic heterocycles. The number of aliphatic hydroxyl groups is 1. The fraction of sp³-hybridized carbons (Fsp3) is 0.667. The number of piperidine rings is 1. The summed E-state index contributed by atoms with van der Waals surface area (Å²) in [6, 6.07) is 8.74. The van der Waals surface area contributed by atoms with Crippen molar-refractivity contribution in [3.8, 4) is 0 Å². The molecule has 0 radical (unpaired) electrons. The summed E-state index contributed by atoms with van der Waals surface area (Å²) in [5.41, 5.74) is 7.32. The molecule has 0 unspecified atom stereocenters. The molecule has 5 heteroatoms. The van der Waals surface area contributed by atoms with Gasteiger partial charge in [0, 0.05) is 37.3 Å². The van der Waals surface area contributed by atoms with E-state index in [4.69, 9.17) is 5.73 Å². The first-order valence-corrected chi connectivity index (χ1v) is 10.1. The quantitative estimate of drug-likeness (QED) is 0.819. The van der Waals surface area contributed by atoms with E-state index in [9.17, 15) is 9.90 Å². The number of primary amides is 1. The maximum atomic E-state index is 11.6. The van der Waals surface area contributed by atoms with E-state index in [0.717, 1.165) is 51.7 Å². The first-order valence-electron chi connectivity index (χ1n) is 10.1. The smallest absolute Gasteiger partial charge is 0.231 e. The third-order valence-corrected chi connectivity index (χ3v) is 6.39. The second kappa shape index (κ2) is 7.97. The molecule has 1 aromatic carbocycles. The molecule has 5 nitrogen and oxygen atoms in total. The molecule has 1 saturated carbocycles. The van der Waals surface area contributed by atoms with Crippen LogP contribution in [0.3, 0.4) is 0 Å². The van der Waals surface area contributed by atoms with Crippen molar-refractivity contribution in [2.45, 2.75) is 57.6 Å². The maximum absolute atomic E-state index is 11.6. The molecule has 0 spiro atoms. The molecule has 26 heavy (non-hydrogen) atoms. The number of rotatable bonds is 6. The van der Waals surface area contributed by atoms with Crippen LogP contribution in [0.25, 0.3) is 0 Å². The first kappa shape index (κ1) is 19.2. The molecule has 3 atom stereocenters. The van der Waals surface area contributed by atoms with E-state index in [1.165, 1.54) is 11.3 Å². The Labute approximate surface area is 157 Å². The fourth-order valence-corrected chi connectivity index (χ4v) is 5.03. The highest BCUT2D eigenvalue weighted by Gasteiger charge is 2.49. The number of hydrogen-bond acceptors (Lipinski definition) is 4. The highest BCUT2D eigenvalue weighted by Crippen LogP contribution is 2.49. The Morgan fingerprint density at radius 3 is 2.54 bits per heavy atom. The van der Waals surface area contributed by atoms with Crippen LogP contribution in [0, 0.1) is 5.92 Å². The summed E-state index contributed by atoms with van der Waals surface area (Å²) in [5.74, 6) is -0.125. The summed E-state index contributed by atoms with van der Waals surface area (Å²) in [6.07, 6.45) is 4.85. The van der Waals surface area contributed by atoms with Crippen molar-refractivity contribution in [2.75, 3.05) is 31.1 Å². The van der Waals surface area contributed by atoms with Gasteiger partial charge in [-0.3, -0.25) is 9.69 Å². The number of hydrogen-bond donors (Lipinski definition) is 2. The van der Waals surface area contributed by atoms with Crippen LogP contribution in [0.15, 0.2) is 24.3 Å². The topological polar surface area (TPSA) is 69.8 Å². The monoisotopic (exact) mass is 359 g/mol. The molecule has 1 heterocycles. The molecule has 144 valence electrons. The van der Waals surface area contributed by atoms with Crippen molar-refractivity contribution >= 4 is 11.6 Å². The van der Waals surface area contributed by atoms with Gasteiger partial charge in [-0.1, -0.05) is 25.0 Å². The van der Waals surface area contributed by atoms with Crippen LogP contribution < -0.4 is 10.6 Å². The van der Waals surface area contributed by atoms with E-state index >= 15 is 0 Å². The predicted octanol–water partition coefficient (Wildman–Crippen LogP) is 2.69. The highest BCUT2D eigenvalue weighted by atomic mass is 16.3. The van der Waals surface area contributed by atoms with Crippen molar-refractivity contribution < 1.29 is 9.90 Å². The van der Waals surface area contributed by atoms with E-state index < -0.39 is 5.60 Å². The summed E-state index contributed by atoms with van der Waals surface area (Å²) in [6.45, 7) is 7.27. The minimum atomic E-state index is -0.603. The van der Waals surface area contributed by atoms with Crippen LogP contribution in [-0.2, 0) is 4.79 Å². The number of nitrogens with two attached hydrogens (primary N) is 1. The lowest BCUT2D eigenvalue weighted by Crippen LogP contribution is -2.56. The lowest BCUT2D eigenvalue weighted by atomic mass is 9.66. The number of fused-ring (bicyclic) bond motifs is 1. The van der Waals surface area contributed by atoms with E-state index in [1.54, 1.807) is 0 Å². The Balaban J connectivity index is 1.91. The van der Waals surface area contributed by atoms with Gasteiger partial charge in [-0.05, 0) is 50.8 Å². The number of anilines is 1. The van der Waals surface area contributed by atoms with Crippen LogP contribution >= 0.6 is 0 Å². The summed E-state index contributed by atoms with van der Waals surface area (Å²) in [5, 5.41) is 11.2. The number of carbonyl (C=O) groups excluding carboxylic acids is 1. The van der Waals surface area contributed by atoms with Gasteiger partial charge < -0.3 is 15.7 Å². The molecule has 1 amide bonds. The van der Waals surface area contributed by atoms with Gasteiger partial charge >= 0.3 is 0 Å². The highest BCUT2D eigenvalue weighted by molar-refractivity contribution is 5.76. The average molecular weight is 360 g/mol. The van der Waals surface area contributed by atoms with E-state index in [-0.39, 0.29) is 24.4 Å². The molecular formula is C21H33N3O2. The third kappa shape index (κ3) is 3.74. The number of nitrogens with zero attached hydrogens (tertiary/aromatic N) is 2. The van der Waals surface area contributed by atoms with Gasteiger partial charge in [-0.15, -0.1) is 0 Å². The van der Waals surface area contributed by atoms with Gasteiger partial charge in [0.05, 0.1) is 12.1 Å². The number of benzene rings is 1. The Morgan fingerprint density at radius 1 is 1.23 bits per heavy atom. The Kier molecular flexibility index (Phi) is 5.88. The molecule has 1 aromatic rings. The maximum Gasteiger partial charge on any atom is 0.231 e. The fourth-order valence-electron chi connectivity index (χ4n) is 5.03. The van der Waals surface area contributed by atoms with E-state index in [1.807, 2.05) is 0 Å². The van der Waals surface area contributed by atoms with Crippen molar-refractivity contribution in [1.29, 1.82) is 0 Å². The Bertz CT molecular complexity index is 614. The molecule has 3 rings (SSSR count). The minimum Gasteiger partial charge on any atom is -0.389 e. The van der Waals surface area contributed by atoms with Gasteiger partial charge in [0.25, 0.3) is 0 Å². The molecule has 3 N–H and O–H groups in total. The first-order chi connectivity index (χ1) is 12.5. The minimum absolute atomic E-state index is 0.0623. The summed E-state index contributed by atoms with van der Waals surface area (Å²) in [7, 11) is 0. The average Bonchev–Trinajstić information content (AvgIpc) is 2.63. The van der Waals surface area contributed by atoms with Crippen molar-refractivity contribution in [3.63, 3.8) is 0 Å². The van der Waals surface area contributed by atoms with Crippen LogP contribution in [0.4, 0.5) is 5.69 Å². The number of likely N-dealkylation sites (tertiary alicyclic amines) is 1. The number of amides is 1. The molecule has 0 aromatic heterocycles. The zero-order valence-electron chi connectivity index (χ0n) is 16.2. The predicted molar refractivity (Wildman–Crippen MR) is 105 cm³/mol. The van der Waals surface area contributed by atoms with Crippen molar-refractivity contribution in [2.24, 2.45) is 11.7 Å². The summed E-state index contributed by atoms with van der Waals surface area (Å²) < 4.78 is 0. The zero-order chi connectivity index (χ0) is 18.7. The van der Waals surface area contributed by atoms with Gasteiger partial charge in [-0.2, -0.15) is 0 Å². The van der Waals surface area contributed by atoms with Crippen LogP contribution in [0.1, 0.15) is 57.6 Å². The normalized spacial score (nSPS) is 29.2. The van der Waals surface area contributed by atoms with E-state index in [0.29, 0.717) is 0 Å².